The van der Waals surface area contributed by atoms with Crippen molar-refractivity contribution < 1.29 is 43.5 Å². The lowest BCUT2D eigenvalue weighted by atomic mass is 9.77. The average molecular weight is 546 g/mol. The summed E-state index contributed by atoms with van der Waals surface area (Å²) in [5.74, 6) is -0.0645. The Kier molecular flexibility index (Phi) is 7.32. The first-order valence-corrected chi connectivity index (χ1v) is 13.7. The molecule has 4 aliphatic rings. The second-order valence-electron chi connectivity index (χ2n) is 11.7. The maximum Gasteiger partial charge on any atom is 0.339 e. The summed E-state index contributed by atoms with van der Waals surface area (Å²) in [6.45, 7) is 5.21. The lowest BCUT2D eigenvalue weighted by molar-refractivity contribution is -0.178. The van der Waals surface area contributed by atoms with Crippen LogP contribution in [0.15, 0.2) is 24.0 Å². The zero-order valence-electron chi connectivity index (χ0n) is 23.2. The highest BCUT2D eigenvalue weighted by atomic mass is 16.7. The maximum atomic E-state index is 13.8. The Morgan fingerprint density at radius 3 is 2.56 bits per heavy atom. The number of carbonyl (C=O) groups excluding carboxylic acids is 2. The van der Waals surface area contributed by atoms with Crippen molar-refractivity contribution in [2.75, 3.05) is 34.1 Å². The van der Waals surface area contributed by atoms with Crippen molar-refractivity contribution in [3.63, 3.8) is 0 Å². The van der Waals surface area contributed by atoms with Gasteiger partial charge < -0.3 is 33.9 Å². The molecule has 10 heteroatoms. The van der Waals surface area contributed by atoms with Crippen LogP contribution in [0.3, 0.4) is 0 Å². The van der Waals surface area contributed by atoms with E-state index in [9.17, 15) is 19.8 Å². The smallest absolute Gasteiger partial charge is 0.339 e. The van der Waals surface area contributed by atoms with Gasteiger partial charge in [-0.2, -0.15) is 0 Å². The number of carbonyl (C=O) groups is 2. The molecule has 1 aromatic carbocycles. The number of hydrogen-bond acceptors (Lipinski definition) is 10. The molecule has 1 aliphatic carbocycles. The molecular formula is C29H39NO9. The van der Waals surface area contributed by atoms with Crippen LogP contribution < -0.4 is 9.47 Å². The zero-order valence-corrected chi connectivity index (χ0v) is 23.2. The number of esters is 2. The molecule has 0 amide bonds. The Hall–Kier alpha value is -2.82. The Bertz CT molecular complexity index is 1160. The molecule has 4 atom stereocenters. The van der Waals surface area contributed by atoms with Gasteiger partial charge in [-0.25, -0.2) is 4.79 Å². The van der Waals surface area contributed by atoms with Gasteiger partial charge in [0.1, 0.15) is 5.76 Å². The molecule has 0 bridgehead atoms. The van der Waals surface area contributed by atoms with Crippen LogP contribution in [0.5, 0.6) is 11.5 Å². The molecule has 0 aromatic heterocycles. The molecule has 1 saturated heterocycles. The topological polar surface area (TPSA) is 124 Å². The van der Waals surface area contributed by atoms with Gasteiger partial charge in [0.25, 0.3) is 0 Å². The highest BCUT2D eigenvalue weighted by Gasteiger charge is 2.59. The molecule has 0 unspecified atom stereocenters. The number of aliphatic hydroxyl groups is 2. The van der Waals surface area contributed by atoms with Crippen molar-refractivity contribution >= 4 is 11.9 Å². The number of hydrogen-bond donors (Lipinski definition) is 2. The first-order chi connectivity index (χ1) is 18.5. The lowest BCUT2D eigenvalue weighted by Crippen LogP contribution is -2.49. The minimum absolute atomic E-state index is 0.0686. The molecule has 5 rings (SSSR count). The summed E-state index contributed by atoms with van der Waals surface area (Å²) >= 11 is 0. The van der Waals surface area contributed by atoms with Crippen LogP contribution in [0, 0.1) is 0 Å². The van der Waals surface area contributed by atoms with Crippen molar-refractivity contribution in [2.24, 2.45) is 0 Å². The molecule has 1 spiro atoms. The molecule has 3 heterocycles. The molecule has 39 heavy (non-hydrogen) atoms. The predicted molar refractivity (Wildman–Crippen MR) is 139 cm³/mol. The quantitative estimate of drug-likeness (QED) is 0.448. The Labute approximate surface area is 228 Å². The molecule has 1 fully saturated rings. The van der Waals surface area contributed by atoms with E-state index < -0.39 is 41.2 Å². The van der Waals surface area contributed by atoms with Gasteiger partial charge in [0.05, 0.1) is 37.7 Å². The van der Waals surface area contributed by atoms with Gasteiger partial charge in [0, 0.05) is 6.54 Å². The number of fused-ring (bicyclic) bond motifs is 3. The summed E-state index contributed by atoms with van der Waals surface area (Å²) in [5.41, 5.74) is -1.42. The molecule has 0 saturated carbocycles. The second kappa shape index (κ2) is 10.3. The summed E-state index contributed by atoms with van der Waals surface area (Å²) in [5, 5.41) is 21.6. The fourth-order valence-corrected chi connectivity index (χ4v) is 6.71. The normalized spacial score (nSPS) is 27.0. The van der Waals surface area contributed by atoms with Gasteiger partial charge in [-0.15, -0.1) is 0 Å². The van der Waals surface area contributed by atoms with E-state index in [0.717, 1.165) is 43.5 Å². The van der Waals surface area contributed by atoms with E-state index >= 15 is 0 Å². The van der Waals surface area contributed by atoms with E-state index in [4.69, 9.17) is 23.7 Å². The predicted octanol–water partition coefficient (Wildman–Crippen LogP) is 2.58. The third-order valence-electron chi connectivity index (χ3n) is 8.62. The summed E-state index contributed by atoms with van der Waals surface area (Å²) in [7, 11) is 2.76. The van der Waals surface area contributed by atoms with Crippen LogP contribution in [-0.2, 0) is 30.2 Å². The monoisotopic (exact) mass is 545 g/mol. The van der Waals surface area contributed by atoms with Crippen LogP contribution in [0.1, 0.15) is 69.4 Å². The largest absolute Gasteiger partial charge is 0.497 e. The summed E-state index contributed by atoms with van der Waals surface area (Å²) in [6.07, 6.45) is 3.94. The van der Waals surface area contributed by atoms with Crippen molar-refractivity contribution in [2.45, 2.75) is 87.6 Å². The maximum absolute atomic E-state index is 13.8. The van der Waals surface area contributed by atoms with Crippen LogP contribution in [0.4, 0.5) is 0 Å². The van der Waals surface area contributed by atoms with Crippen molar-refractivity contribution in [3.8, 4) is 11.5 Å². The number of rotatable bonds is 9. The molecule has 2 N–H and O–H groups in total. The first-order valence-electron chi connectivity index (χ1n) is 13.7. The van der Waals surface area contributed by atoms with Crippen LogP contribution >= 0.6 is 0 Å². The Balaban J connectivity index is 1.50. The molecule has 10 nitrogen and oxygen atoms in total. The van der Waals surface area contributed by atoms with E-state index in [2.05, 4.69) is 11.0 Å². The highest BCUT2D eigenvalue weighted by molar-refractivity contribution is 5.86. The van der Waals surface area contributed by atoms with Gasteiger partial charge in [0.2, 0.25) is 6.79 Å². The van der Waals surface area contributed by atoms with Crippen molar-refractivity contribution in [1.82, 2.24) is 4.90 Å². The van der Waals surface area contributed by atoms with Gasteiger partial charge in [0.15, 0.2) is 23.2 Å². The minimum atomic E-state index is -2.12. The number of ether oxygens (including phenoxy) is 5. The number of benzene rings is 1. The molecular weight excluding hydrogens is 506 g/mol. The third-order valence-corrected chi connectivity index (χ3v) is 8.62. The fourth-order valence-electron chi connectivity index (χ4n) is 6.71. The number of methoxy groups -OCH3 is 2. The van der Waals surface area contributed by atoms with E-state index in [1.54, 1.807) is 21.0 Å². The van der Waals surface area contributed by atoms with Crippen LogP contribution in [-0.4, -0.2) is 84.0 Å². The van der Waals surface area contributed by atoms with Crippen molar-refractivity contribution in [1.29, 1.82) is 0 Å². The standard InChI is InChI=1S/C29H39NO9/c1-27(2,33)8-5-10-29(34,16-23(31)36-4)26(32)39-25-22(35-3)15-28-9-6-11-30(28)12-7-18-13-20-21(38-17-37-20)14-19(18)24(25)28/h13-15,24-25,33-34H,5-12,16-17H2,1-4H3/t24-,25-,28+,29-/m0/s1. The van der Waals surface area contributed by atoms with Crippen molar-refractivity contribution in [3.05, 3.63) is 35.1 Å². The van der Waals surface area contributed by atoms with E-state index in [1.165, 1.54) is 7.11 Å². The van der Waals surface area contributed by atoms with E-state index in [-0.39, 0.29) is 19.1 Å². The highest BCUT2D eigenvalue weighted by Crippen LogP contribution is 2.55. The summed E-state index contributed by atoms with van der Waals surface area (Å²) in [6, 6.07) is 4.00. The zero-order chi connectivity index (χ0) is 28.0. The molecule has 214 valence electrons. The third kappa shape index (κ3) is 5.10. The van der Waals surface area contributed by atoms with Gasteiger partial charge in [-0.05, 0) is 88.3 Å². The summed E-state index contributed by atoms with van der Waals surface area (Å²) in [4.78, 5) is 28.4. The van der Waals surface area contributed by atoms with E-state index in [0.29, 0.717) is 30.1 Å². The van der Waals surface area contributed by atoms with Crippen LogP contribution in [0.2, 0.25) is 0 Å². The molecule has 1 aromatic rings. The molecule has 3 aliphatic heterocycles. The van der Waals surface area contributed by atoms with Gasteiger partial charge in [-0.1, -0.05) is 0 Å². The van der Waals surface area contributed by atoms with Crippen LogP contribution in [0.25, 0.3) is 0 Å². The number of nitrogens with zero attached hydrogens (tertiary/aromatic N) is 1. The van der Waals surface area contributed by atoms with Gasteiger partial charge in [-0.3, -0.25) is 9.69 Å². The average Bonchev–Trinajstić information content (AvgIpc) is 3.56. The minimum Gasteiger partial charge on any atom is -0.497 e. The SMILES string of the molecule is COC(=O)C[C@@](O)(CCCC(C)(C)O)C(=O)O[C@H]1C(OC)=C[C@@]23CCCN2CCc2cc4c(cc2[C@@H]13)OCO4. The van der Waals surface area contributed by atoms with Gasteiger partial charge >= 0.3 is 11.9 Å². The Morgan fingerprint density at radius 2 is 1.87 bits per heavy atom. The molecule has 0 radical (unpaired) electrons. The van der Waals surface area contributed by atoms with E-state index in [1.807, 2.05) is 12.1 Å². The first kappa shape index (κ1) is 27.7. The Morgan fingerprint density at radius 1 is 1.13 bits per heavy atom. The second-order valence-corrected chi connectivity index (χ2v) is 11.7. The summed E-state index contributed by atoms with van der Waals surface area (Å²) < 4.78 is 28.1. The fraction of sp³-hybridized carbons (Fsp3) is 0.655. The lowest BCUT2D eigenvalue weighted by Gasteiger charge is -2.39.